The molecule has 0 aliphatic carbocycles. The van der Waals surface area contributed by atoms with Gasteiger partial charge in [0.1, 0.15) is 0 Å². The molecule has 1 radical (unpaired) electrons. The van der Waals surface area contributed by atoms with E-state index in [0.717, 1.165) is 6.54 Å². The maximum Gasteiger partial charge on any atom is 0.0130 e. The Labute approximate surface area is 71.8 Å². The van der Waals surface area contributed by atoms with Gasteiger partial charge in [0.2, 0.25) is 0 Å². The van der Waals surface area contributed by atoms with Gasteiger partial charge in [-0.2, -0.15) is 0 Å². The first-order valence-electron chi connectivity index (χ1n) is 4.26. The van der Waals surface area contributed by atoms with Crippen LogP contribution in [0.25, 0.3) is 0 Å². The zero-order valence-corrected chi connectivity index (χ0v) is 8.86. The van der Waals surface area contributed by atoms with Crippen molar-refractivity contribution in [2.75, 3.05) is 6.54 Å². The van der Waals surface area contributed by atoms with Gasteiger partial charge < -0.3 is 0 Å². The van der Waals surface area contributed by atoms with Crippen molar-refractivity contribution >= 4 is 0 Å². The molecule has 0 fully saturated rings. The van der Waals surface area contributed by atoms with Crippen molar-refractivity contribution in [2.24, 2.45) is 0 Å². The zero-order chi connectivity index (χ0) is 9.28. The van der Waals surface area contributed by atoms with Gasteiger partial charge in [0, 0.05) is 11.1 Å². The molecule has 0 aromatic rings. The molecule has 0 aliphatic heterocycles. The van der Waals surface area contributed by atoms with E-state index in [1.54, 1.807) is 0 Å². The van der Waals surface area contributed by atoms with E-state index in [0.29, 0.717) is 0 Å². The van der Waals surface area contributed by atoms with Crippen LogP contribution < -0.4 is 0 Å². The van der Waals surface area contributed by atoms with Crippen LogP contribution in [0.3, 0.4) is 0 Å². The van der Waals surface area contributed by atoms with E-state index in [-0.39, 0.29) is 11.1 Å². The average molecular weight is 156 g/mol. The summed E-state index contributed by atoms with van der Waals surface area (Å²) in [5.74, 6) is 0. The summed E-state index contributed by atoms with van der Waals surface area (Å²) in [5, 5.41) is 0. The molecule has 0 heterocycles. The van der Waals surface area contributed by atoms with Gasteiger partial charge in [-0.05, 0) is 55.0 Å². The number of hydrogen-bond donors (Lipinski definition) is 0. The number of rotatable bonds is 1. The molecule has 0 aromatic heterocycles. The molecule has 0 unspecified atom stereocenters. The molecule has 0 bridgehead atoms. The smallest absolute Gasteiger partial charge is 0.0130 e. The van der Waals surface area contributed by atoms with Crippen molar-refractivity contribution in [3.05, 3.63) is 6.92 Å². The van der Waals surface area contributed by atoms with E-state index >= 15 is 0 Å². The molecule has 67 valence electrons. The third-order valence-electron chi connectivity index (χ3n) is 1.84. The Morgan fingerprint density at radius 1 is 0.909 bits per heavy atom. The Kier molecular flexibility index (Phi) is 3.13. The molecule has 0 amide bonds. The summed E-state index contributed by atoms with van der Waals surface area (Å²) in [4.78, 5) is 2.39. The maximum atomic E-state index is 3.94. The van der Waals surface area contributed by atoms with Crippen LogP contribution >= 0.6 is 0 Å². The lowest BCUT2D eigenvalue weighted by Crippen LogP contribution is -2.52. The standard InChI is InChI=1S/C10H22N/c1-8-11(9(2,3)4)10(5,6)7/h1,8H2,2-7H3. The summed E-state index contributed by atoms with van der Waals surface area (Å²) in [7, 11) is 0. The molecule has 0 saturated heterocycles. The second-order valence-electron chi connectivity index (χ2n) is 4.99. The Morgan fingerprint density at radius 2 is 1.18 bits per heavy atom. The minimum Gasteiger partial charge on any atom is -0.294 e. The minimum atomic E-state index is 0.222. The molecule has 0 aromatic carbocycles. The van der Waals surface area contributed by atoms with Gasteiger partial charge in [-0.15, -0.1) is 0 Å². The zero-order valence-electron chi connectivity index (χ0n) is 8.86. The second-order valence-corrected chi connectivity index (χ2v) is 4.99. The van der Waals surface area contributed by atoms with E-state index in [4.69, 9.17) is 0 Å². The van der Waals surface area contributed by atoms with E-state index < -0.39 is 0 Å². The fourth-order valence-corrected chi connectivity index (χ4v) is 1.68. The molecule has 1 nitrogen and oxygen atoms in total. The molecule has 0 atom stereocenters. The number of hydrogen-bond acceptors (Lipinski definition) is 1. The van der Waals surface area contributed by atoms with Crippen molar-refractivity contribution < 1.29 is 0 Å². The lowest BCUT2D eigenvalue weighted by molar-refractivity contribution is 0.0512. The van der Waals surface area contributed by atoms with Gasteiger partial charge in [-0.25, -0.2) is 0 Å². The van der Waals surface area contributed by atoms with Crippen molar-refractivity contribution in [3.8, 4) is 0 Å². The Morgan fingerprint density at radius 3 is 1.18 bits per heavy atom. The third kappa shape index (κ3) is 3.24. The summed E-state index contributed by atoms with van der Waals surface area (Å²) >= 11 is 0. The predicted octanol–water partition coefficient (Wildman–Crippen LogP) is 2.72. The lowest BCUT2D eigenvalue weighted by Gasteiger charge is -2.44. The normalized spacial score (nSPS) is 14.2. The van der Waals surface area contributed by atoms with Gasteiger partial charge in [-0.1, -0.05) is 0 Å². The van der Waals surface area contributed by atoms with E-state index in [1.165, 1.54) is 0 Å². The van der Waals surface area contributed by atoms with Crippen molar-refractivity contribution in [3.63, 3.8) is 0 Å². The highest BCUT2D eigenvalue weighted by Gasteiger charge is 2.29. The quantitative estimate of drug-likeness (QED) is 0.564. The van der Waals surface area contributed by atoms with E-state index in [9.17, 15) is 0 Å². The van der Waals surface area contributed by atoms with Crippen molar-refractivity contribution in [2.45, 2.75) is 52.6 Å². The average Bonchev–Trinajstić information content (AvgIpc) is 1.56. The molecule has 0 rings (SSSR count). The fraction of sp³-hybridized carbons (Fsp3) is 0.900. The number of nitrogens with zero attached hydrogens (tertiary/aromatic N) is 1. The summed E-state index contributed by atoms with van der Waals surface area (Å²) in [5.41, 5.74) is 0.444. The molecular weight excluding hydrogens is 134 g/mol. The van der Waals surface area contributed by atoms with Crippen molar-refractivity contribution in [1.29, 1.82) is 0 Å². The molecule has 0 spiro atoms. The first-order valence-corrected chi connectivity index (χ1v) is 4.26. The summed E-state index contributed by atoms with van der Waals surface area (Å²) in [6, 6.07) is 0. The van der Waals surface area contributed by atoms with Crippen LogP contribution in [0.4, 0.5) is 0 Å². The summed E-state index contributed by atoms with van der Waals surface area (Å²) in [6.07, 6.45) is 0. The second kappa shape index (κ2) is 3.14. The topological polar surface area (TPSA) is 3.24 Å². The van der Waals surface area contributed by atoms with Crippen LogP contribution in [0, 0.1) is 6.92 Å². The molecule has 11 heavy (non-hydrogen) atoms. The van der Waals surface area contributed by atoms with E-state index in [1.807, 2.05) is 0 Å². The SMILES string of the molecule is [CH2]CN(C(C)(C)C)C(C)(C)C. The van der Waals surface area contributed by atoms with Crippen LogP contribution in [0.1, 0.15) is 41.5 Å². The third-order valence-corrected chi connectivity index (χ3v) is 1.84. The lowest BCUT2D eigenvalue weighted by atomic mass is 9.96. The fourth-order valence-electron chi connectivity index (χ4n) is 1.68. The Bertz CT molecular complexity index is 99.8. The van der Waals surface area contributed by atoms with Crippen molar-refractivity contribution in [1.82, 2.24) is 4.90 Å². The van der Waals surface area contributed by atoms with Gasteiger partial charge in [0.25, 0.3) is 0 Å². The first-order chi connectivity index (χ1) is 4.69. The molecule has 0 N–H and O–H groups in total. The van der Waals surface area contributed by atoms with Crippen LogP contribution in [-0.2, 0) is 0 Å². The highest BCUT2D eigenvalue weighted by Crippen LogP contribution is 2.23. The largest absolute Gasteiger partial charge is 0.294 e. The maximum absolute atomic E-state index is 3.94. The molecule has 1 heteroatoms. The van der Waals surface area contributed by atoms with E-state index in [2.05, 4.69) is 53.4 Å². The monoisotopic (exact) mass is 156 g/mol. The Balaban J connectivity index is 4.43. The summed E-state index contributed by atoms with van der Waals surface area (Å²) in [6.45, 7) is 18.2. The molecule has 0 aliphatic rings. The molecular formula is C10H22N. The van der Waals surface area contributed by atoms with Crippen LogP contribution in [-0.4, -0.2) is 22.5 Å². The predicted molar refractivity (Wildman–Crippen MR) is 51.6 cm³/mol. The van der Waals surface area contributed by atoms with Gasteiger partial charge in [0.05, 0.1) is 0 Å². The van der Waals surface area contributed by atoms with Crippen LogP contribution in [0.5, 0.6) is 0 Å². The first kappa shape index (κ1) is 11.0. The molecule has 0 saturated carbocycles. The minimum absolute atomic E-state index is 0.222. The van der Waals surface area contributed by atoms with Gasteiger partial charge in [-0.3, -0.25) is 4.90 Å². The highest BCUT2D eigenvalue weighted by molar-refractivity contribution is 4.86. The summed E-state index contributed by atoms with van der Waals surface area (Å²) < 4.78 is 0. The van der Waals surface area contributed by atoms with Gasteiger partial charge >= 0.3 is 0 Å². The van der Waals surface area contributed by atoms with Gasteiger partial charge in [0.15, 0.2) is 0 Å². The van der Waals surface area contributed by atoms with Crippen LogP contribution in [0.2, 0.25) is 0 Å². The highest BCUT2D eigenvalue weighted by atomic mass is 15.2. The Hall–Kier alpha value is -0.0400. The van der Waals surface area contributed by atoms with Crippen LogP contribution in [0.15, 0.2) is 0 Å².